The number of para-hydroxylation sites is 1. The molecule has 0 aliphatic carbocycles. The largest absolute Gasteiger partial charge is 0.355 e. The third-order valence-corrected chi connectivity index (χ3v) is 6.10. The van der Waals surface area contributed by atoms with E-state index in [2.05, 4.69) is 10.3 Å². The summed E-state index contributed by atoms with van der Waals surface area (Å²) in [5, 5.41) is 4.14. The number of amides is 1. The Morgan fingerprint density at radius 1 is 1.21 bits per heavy atom. The highest BCUT2D eigenvalue weighted by molar-refractivity contribution is 8.01. The summed E-state index contributed by atoms with van der Waals surface area (Å²) in [5.74, 6) is 0.345. The van der Waals surface area contributed by atoms with Crippen LogP contribution in [0.4, 0.5) is 0 Å². The van der Waals surface area contributed by atoms with Crippen LogP contribution in [0.1, 0.15) is 5.56 Å². The number of fused-ring (bicyclic) bond motifs is 1. The quantitative estimate of drug-likeness (QED) is 0.592. The van der Waals surface area contributed by atoms with E-state index < -0.39 is 0 Å². The lowest BCUT2D eigenvalue weighted by Gasteiger charge is -2.06. The zero-order valence-corrected chi connectivity index (χ0v) is 15.7. The highest BCUT2D eigenvalue weighted by atomic mass is 35.5. The first-order chi connectivity index (χ1) is 11.6. The highest BCUT2D eigenvalue weighted by Crippen LogP contribution is 2.29. The number of benzene rings is 2. The average Bonchev–Trinajstić information content (AvgIpc) is 2.98. The Kier molecular flexibility index (Phi) is 6.00. The summed E-state index contributed by atoms with van der Waals surface area (Å²) in [6.45, 7) is 0.542. The molecule has 0 unspecified atom stereocenters. The van der Waals surface area contributed by atoms with E-state index in [0.29, 0.717) is 28.8 Å². The molecular formula is C17H14Cl2N2OS2. The molecule has 1 amide bonds. The van der Waals surface area contributed by atoms with Crippen molar-refractivity contribution < 1.29 is 4.79 Å². The molecule has 0 bridgehead atoms. The molecule has 0 saturated heterocycles. The van der Waals surface area contributed by atoms with Crippen LogP contribution in [-0.4, -0.2) is 23.2 Å². The predicted molar refractivity (Wildman–Crippen MR) is 104 cm³/mol. The number of thioether (sulfide) groups is 1. The van der Waals surface area contributed by atoms with E-state index >= 15 is 0 Å². The summed E-state index contributed by atoms with van der Waals surface area (Å²) in [7, 11) is 0. The molecule has 3 rings (SSSR count). The van der Waals surface area contributed by atoms with Gasteiger partial charge in [-0.3, -0.25) is 4.79 Å². The molecule has 0 aliphatic rings. The summed E-state index contributed by atoms with van der Waals surface area (Å²) in [4.78, 5) is 16.5. The number of carbonyl (C=O) groups excluding carboxylic acids is 1. The fourth-order valence-electron chi connectivity index (χ4n) is 2.15. The molecular weight excluding hydrogens is 383 g/mol. The van der Waals surface area contributed by atoms with Gasteiger partial charge in [0.05, 0.1) is 16.0 Å². The molecule has 0 saturated carbocycles. The first-order valence-corrected chi connectivity index (χ1v) is 9.86. The number of aromatic nitrogens is 1. The Morgan fingerprint density at radius 2 is 2.04 bits per heavy atom. The van der Waals surface area contributed by atoms with Crippen LogP contribution in [0.15, 0.2) is 46.8 Å². The molecule has 0 atom stereocenters. The fraction of sp³-hybridized carbons (Fsp3) is 0.176. The molecule has 2 aromatic carbocycles. The summed E-state index contributed by atoms with van der Waals surface area (Å²) >= 11 is 15.0. The molecule has 0 radical (unpaired) electrons. The molecule has 124 valence electrons. The summed E-state index contributed by atoms with van der Waals surface area (Å²) < 4.78 is 2.05. The molecule has 0 fully saturated rings. The predicted octanol–water partition coefficient (Wildman–Crippen LogP) is 5.05. The second-order valence-electron chi connectivity index (χ2n) is 5.07. The van der Waals surface area contributed by atoms with Crippen molar-refractivity contribution in [3.8, 4) is 0 Å². The lowest BCUT2D eigenvalue weighted by atomic mass is 10.1. The van der Waals surface area contributed by atoms with Gasteiger partial charge in [-0.25, -0.2) is 4.98 Å². The molecule has 1 aromatic heterocycles. The van der Waals surface area contributed by atoms with Crippen LogP contribution in [0.25, 0.3) is 10.2 Å². The first kappa shape index (κ1) is 17.5. The van der Waals surface area contributed by atoms with Crippen molar-refractivity contribution in [2.24, 2.45) is 0 Å². The third-order valence-electron chi connectivity index (χ3n) is 3.33. The normalized spacial score (nSPS) is 10.9. The molecule has 1 heterocycles. The molecule has 0 spiro atoms. The van der Waals surface area contributed by atoms with Crippen LogP contribution in [0.2, 0.25) is 10.0 Å². The topological polar surface area (TPSA) is 42.0 Å². The number of halogens is 2. The van der Waals surface area contributed by atoms with E-state index in [1.807, 2.05) is 30.3 Å². The maximum absolute atomic E-state index is 12.0. The van der Waals surface area contributed by atoms with Gasteiger partial charge < -0.3 is 5.32 Å². The number of carbonyl (C=O) groups is 1. The van der Waals surface area contributed by atoms with E-state index in [1.54, 1.807) is 23.5 Å². The number of nitrogens with one attached hydrogen (secondary N) is 1. The van der Waals surface area contributed by atoms with Gasteiger partial charge in [0, 0.05) is 16.6 Å². The Labute approximate surface area is 158 Å². The average molecular weight is 397 g/mol. The van der Waals surface area contributed by atoms with E-state index in [0.717, 1.165) is 20.1 Å². The van der Waals surface area contributed by atoms with Crippen molar-refractivity contribution in [3.05, 3.63) is 58.1 Å². The first-order valence-electron chi connectivity index (χ1n) is 7.31. The Bertz CT molecular complexity index is 834. The molecule has 24 heavy (non-hydrogen) atoms. The summed E-state index contributed by atoms with van der Waals surface area (Å²) in [6, 6.07) is 13.4. The molecule has 3 nitrogen and oxygen atoms in total. The Balaban J connectivity index is 1.45. The minimum absolute atomic E-state index is 0.00987. The zero-order chi connectivity index (χ0) is 16.9. The van der Waals surface area contributed by atoms with Crippen molar-refractivity contribution in [2.45, 2.75) is 10.8 Å². The second kappa shape index (κ2) is 8.21. The number of hydrogen-bond acceptors (Lipinski definition) is 4. The monoisotopic (exact) mass is 396 g/mol. The van der Waals surface area contributed by atoms with Gasteiger partial charge in [0.15, 0.2) is 4.34 Å². The van der Waals surface area contributed by atoms with E-state index in [4.69, 9.17) is 23.2 Å². The Hall–Kier alpha value is -1.27. The molecule has 0 aliphatic heterocycles. The third kappa shape index (κ3) is 4.63. The summed E-state index contributed by atoms with van der Waals surface area (Å²) in [5.41, 5.74) is 1.95. The van der Waals surface area contributed by atoms with Gasteiger partial charge in [0.25, 0.3) is 0 Å². The van der Waals surface area contributed by atoms with Crippen molar-refractivity contribution in [1.82, 2.24) is 10.3 Å². The van der Waals surface area contributed by atoms with Gasteiger partial charge in [-0.05, 0) is 36.2 Å². The van der Waals surface area contributed by atoms with Crippen molar-refractivity contribution >= 4 is 62.4 Å². The number of nitrogens with zero attached hydrogens (tertiary/aromatic N) is 1. The number of hydrogen-bond donors (Lipinski definition) is 1. The summed E-state index contributed by atoms with van der Waals surface area (Å²) in [6.07, 6.45) is 0.674. The lowest BCUT2D eigenvalue weighted by molar-refractivity contribution is -0.118. The van der Waals surface area contributed by atoms with Gasteiger partial charge in [0.1, 0.15) is 0 Å². The van der Waals surface area contributed by atoms with Gasteiger partial charge >= 0.3 is 0 Å². The SMILES string of the molecule is O=C(CSc1nc2ccccc2s1)NCCc1ccc(Cl)cc1Cl. The lowest BCUT2D eigenvalue weighted by Crippen LogP contribution is -2.27. The standard InChI is InChI=1S/C17H14Cl2N2OS2/c18-12-6-5-11(13(19)9-12)7-8-20-16(22)10-23-17-21-14-3-1-2-4-15(14)24-17/h1-6,9H,7-8,10H2,(H,20,22). The molecule has 3 aromatic rings. The van der Waals surface area contributed by atoms with Gasteiger partial charge in [-0.1, -0.05) is 53.2 Å². The number of thiazole rings is 1. The zero-order valence-electron chi connectivity index (χ0n) is 12.6. The maximum atomic E-state index is 12.0. The van der Waals surface area contributed by atoms with Crippen LogP contribution in [0.5, 0.6) is 0 Å². The molecule has 1 N–H and O–H groups in total. The van der Waals surface area contributed by atoms with Crippen LogP contribution in [0.3, 0.4) is 0 Å². The van der Waals surface area contributed by atoms with Crippen LogP contribution >= 0.6 is 46.3 Å². The minimum atomic E-state index is -0.00987. The van der Waals surface area contributed by atoms with Gasteiger partial charge in [-0.15, -0.1) is 11.3 Å². The van der Waals surface area contributed by atoms with E-state index in [-0.39, 0.29) is 5.91 Å². The van der Waals surface area contributed by atoms with E-state index in [1.165, 1.54) is 11.8 Å². The van der Waals surface area contributed by atoms with Crippen molar-refractivity contribution in [3.63, 3.8) is 0 Å². The maximum Gasteiger partial charge on any atom is 0.230 e. The van der Waals surface area contributed by atoms with Crippen LogP contribution < -0.4 is 5.32 Å². The van der Waals surface area contributed by atoms with Gasteiger partial charge in [0.2, 0.25) is 5.91 Å². The number of rotatable bonds is 6. The van der Waals surface area contributed by atoms with Gasteiger partial charge in [-0.2, -0.15) is 0 Å². The molecule has 7 heteroatoms. The fourth-order valence-corrected chi connectivity index (χ4v) is 4.55. The minimum Gasteiger partial charge on any atom is -0.355 e. The van der Waals surface area contributed by atoms with Crippen LogP contribution in [0, 0.1) is 0 Å². The van der Waals surface area contributed by atoms with Crippen molar-refractivity contribution in [1.29, 1.82) is 0 Å². The van der Waals surface area contributed by atoms with Crippen LogP contribution in [-0.2, 0) is 11.2 Å². The smallest absolute Gasteiger partial charge is 0.230 e. The second-order valence-corrected chi connectivity index (χ2v) is 8.17. The van der Waals surface area contributed by atoms with Crippen molar-refractivity contribution in [2.75, 3.05) is 12.3 Å². The van der Waals surface area contributed by atoms with E-state index in [9.17, 15) is 4.79 Å². The Morgan fingerprint density at radius 3 is 2.83 bits per heavy atom. The highest BCUT2D eigenvalue weighted by Gasteiger charge is 2.08.